The molecule has 0 unspecified atom stereocenters. The van der Waals surface area contributed by atoms with Crippen molar-refractivity contribution in [2.24, 2.45) is 0 Å². The van der Waals surface area contributed by atoms with Crippen LogP contribution in [0.15, 0.2) is 83.8 Å². The molecule has 8 nitrogen and oxygen atoms in total. The summed E-state index contributed by atoms with van der Waals surface area (Å²) in [6.45, 7) is 6.75. The largest absolute Gasteiger partial charge is 0.497 e. The van der Waals surface area contributed by atoms with Crippen molar-refractivity contribution in [3.63, 3.8) is 0 Å². The Balaban J connectivity index is 2.02. The van der Waals surface area contributed by atoms with Crippen LogP contribution in [0.3, 0.4) is 0 Å². The van der Waals surface area contributed by atoms with E-state index in [1.165, 1.54) is 17.0 Å². The number of carbonyl (C=O) groups is 2. The second-order valence-electron chi connectivity index (χ2n) is 9.32. The minimum atomic E-state index is -4.08. The maximum atomic E-state index is 13.9. The van der Waals surface area contributed by atoms with Crippen molar-refractivity contribution in [1.82, 2.24) is 10.2 Å². The van der Waals surface area contributed by atoms with Crippen LogP contribution in [0.2, 0.25) is 0 Å². The first-order chi connectivity index (χ1) is 18.0. The van der Waals surface area contributed by atoms with E-state index in [1.807, 2.05) is 32.0 Å². The molecule has 1 atom stereocenters. The van der Waals surface area contributed by atoms with Crippen molar-refractivity contribution in [2.75, 3.05) is 18.0 Å². The van der Waals surface area contributed by atoms with Gasteiger partial charge in [0, 0.05) is 12.6 Å². The molecule has 0 bridgehead atoms. The molecule has 3 aromatic rings. The second-order valence-corrected chi connectivity index (χ2v) is 11.2. The maximum absolute atomic E-state index is 13.9. The first-order valence-corrected chi connectivity index (χ1v) is 13.8. The van der Waals surface area contributed by atoms with Crippen LogP contribution in [0.1, 0.15) is 31.9 Å². The third kappa shape index (κ3) is 6.92. The molecule has 0 aliphatic rings. The van der Waals surface area contributed by atoms with Crippen molar-refractivity contribution in [3.8, 4) is 5.75 Å². The quantitative estimate of drug-likeness (QED) is 0.397. The molecule has 0 saturated carbocycles. The topological polar surface area (TPSA) is 96.0 Å². The number of anilines is 1. The van der Waals surface area contributed by atoms with Crippen LogP contribution in [0.25, 0.3) is 0 Å². The van der Waals surface area contributed by atoms with Gasteiger partial charge in [-0.15, -0.1) is 0 Å². The minimum absolute atomic E-state index is 0.0726. The summed E-state index contributed by atoms with van der Waals surface area (Å²) >= 11 is 0. The molecule has 1 N–H and O–H groups in total. The molecule has 0 aliphatic heterocycles. The zero-order valence-electron chi connectivity index (χ0n) is 22.4. The van der Waals surface area contributed by atoms with Gasteiger partial charge in [-0.2, -0.15) is 0 Å². The number of aryl methyl sites for hydroxylation is 1. The fraction of sp³-hybridized carbons (Fsp3) is 0.310. The molecule has 0 aromatic heterocycles. The van der Waals surface area contributed by atoms with Gasteiger partial charge in [-0.05, 0) is 69.2 Å². The number of ether oxygens (including phenoxy) is 1. The van der Waals surface area contributed by atoms with E-state index in [1.54, 1.807) is 69.5 Å². The van der Waals surface area contributed by atoms with E-state index in [9.17, 15) is 18.0 Å². The molecule has 0 aliphatic carbocycles. The van der Waals surface area contributed by atoms with Crippen molar-refractivity contribution < 1.29 is 22.7 Å². The first kappa shape index (κ1) is 28.7. The average Bonchev–Trinajstić information content (AvgIpc) is 2.90. The molecule has 0 fully saturated rings. The van der Waals surface area contributed by atoms with Gasteiger partial charge in [-0.3, -0.25) is 13.9 Å². The number of nitrogens with zero attached hydrogens (tertiary/aromatic N) is 2. The smallest absolute Gasteiger partial charge is 0.264 e. The van der Waals surface area contributed by atoms with Crippen LogP contribution < -0.4 is 14.4 Å². The van der Waals surface area contributed by atoms with Crippen molar-refractivity contribution in [2.45, 2.75) is 51.2 Å². The fourth-order valence-electron chi connectivity index (χ4n) is 3.99. The van der Waals surface area contributed by atoms with E-state index in [0.29, 0.717) is 17.0 Å². The molecule has 38 heavy (non-hydrogen) atoms. The SMILES string of the molecule is COc1ccc(CN(C(=O)CN(c2ccccc2C)S(=O)(=O)c2ccccc2)[C@@H](C)C(=O)NC(C)C)cc1. The number of rotatable bonds is 11. The van der Waals surface area contributed by atoms with Gasteiger partial charge in [0.25, 0.3) is 10.0 Å². The summed E-state index contributed by atoms with van der Waals surface area (Å²) in [5.41, 5.74) is 1.87. The molecule has 9 heteroatoms. The first-order valence-electron chi connectivity index (χ1n) is 12.4. The normalized spacial score (nSPS) is 12.1. The van der Waals surface area contributed by atoms with Gasteiger partial charge in [-0.1, -0.05) is 48.5 Å². The predicted octanol–water partition coefficient (Wildman–Crippen LogP) is 4.14. The third-order valence-corrected chi connectivity index (χ3v) is 7.88. The van der Waals surface area contributed by atoms with Crippen LogP contribution >= 0.6 is 0 Å². The van der Waals surface area contributed by atoms with E-state index in [2.05, 4.69) is 5.32 Å². The Labute approximate surface area is 225 Å². The number of benzene rings is 3. The van der Waals surface area contributed by atoms with E-state index in [4.69, 9.17) is 4.74 Å². The Bertz CT molecular complexity index is 1340. The van der Waals surface area contributed by atoms with E-state index < -0.39 is 28.5 Å². The monoisotopic (exact) mass is 537 g/mol. The van der Waals surface area contributed by atoms with Gasteiger partial charge in [0.15, 0.2) is 0 Å². The van der Waals surface area contributed by atoms with Gasteiger partial charge in [0.1, 0.15) is 18.3 Å². The summed E-state index contributed by atoms with van der Waals surface area (Å²) in [5.74, 6) is -0.165. The fourth-order valence-corrected chi connectivity index (χ4v) is 5.49. The molecular weight excluding hydrogens is 502 g/mol. The van der Waals surface area contributed by atoms with Crippen molar-refractivity contribution >= 4 is 27.5 Å². The lowest BCUT2D eigenvalue weighted by Gasteiger charge is -2.32. The summed E-state index contributed by atoms with van der Waals surface area (Å²) in [4.78, 5) is 28.3. The Kier molecular flexibility index (Phi) is 9.52. The molecule has 0 radical (unpaired) electrons. The van der Waals surface area contributed by atoms with Gasteiger partial charge < -0.3 is 15.0 Å². The molecule has 3 aromatic carbocycles. The molecule has 0 saturated heterocycles. The standard InChI is InChI=1S/C29H35N3O5S/c1-21(2)30-29(34)23(4)31(19-24-15-17-25(37-5)18-16-24)28(33)20-32(27-14-10-9-11-22(27)3)38(35,36)26-12-7-6-8-13-26/h6-18,21,23H,19-20H2,1-5H3,(H,30,34)/t23-/m0/s1. The Morgan fingerprint density at radius 2 is 1.50 bits per heavy atom. The molecule has 0 heterocycles. The third-order valence-electron chi connectivity index (χ3n) is 6.10. The number of para-hydroxylation sites is 1. The highest BCUT2D eigenvalue weighted by Crippen LogP contribution is 2.27. The number of carbonyl (C=O) groups excluding carboxylic acids is 2. The van der Waals surface area contributed by atoms with Gasteiger partial charge in [0.2, 0.25) is 11.8 Å². The van der Waals surface area contributed by atoms with E-state index in [0.717, 1.165) is 9.87 Å². The summed E-state index contributed by atoms with van der Waals surface area (Å²) in [6, 6.07) is 21.2. The highest BCUT2D eigenvalue weighted by Gasteiger charge is 2.33. The number of hydrogen-bond donors (Lipinski definition) is 1. The summed E-state index contributed by atoms with van der Waals surface area (Å²) in [7, 11) is -2.52. The molecular formula is C29H35N3O5S. The molecule has 0 spiro atoms. The van der Waals surface area contributed by atoms with Crippen LogP contribution in [0, 0.1) is 6.92 Å². The number of amides is 2. The predicted molar refractivity (Wildman–Crippen MR) is 148 cm³/mol. The number of sulfonamides is 1. The van der Waals surface area contributed by atoms with E-state index >= 15 is 0 Å². The average molecular weight is 538 g/mol. The summed E-state index contributed by atoms with van der Waals surface area (Å²) in [6.07, 6.45) is 0. The highest BCUT2D eigenvalue weighted by molar-refractivity contribution is 7.92. The number of nitrogens with one attached hydrogen (secondary N) is 1. The lowest BCUT2D eigenvalue weighted by Crippen LogP contribution is -2.52. The Morgan fingerprint density at radius 3 is 2.08 bits per heavy atom. The molecule has 202 valence electrons. The van der Waals surface area contributed by atoms with Crippen LogP contribution in [0.4, 0.5) is 5.69 Å². The van der Waals surface area contributed by atoms with Crippen molar-refractivity contribution in [1.29, 1.82) is 0 Å². The molecule has 2 amide bonds. The molecule has 3 rings (SSSR count). The minimum Gasteiger partial charge on any atom is -0.497 e. The van der Waals surface area contributed by atoms with E-state index in [-0.39, 0.29) is 23.4 Å². The van der Waals surface area contributed by atoms with Gasteiger partial charge in [-0.25, -0.2) is 8.42 Å². The van der Waals surface area contributed by atoms with Gasteiger partial charge >= 0.3 is 0 Å². The Hall–Kier alpha value is -3.85. The Morgan fingerprint density at radius 1 is 0.895 bits per heavy atom. The zero-order valence-corrected chi connectivity index (χ0v) is 23.2. The number of methoxy groups -OCH3 is 1. The zero-order chi connectivity index (χ0) is 27.9. The maximum Gasteiger partial charge on any atom is 0.264 e. The second kappa shape index (κ2) is 12.6. The van der Waals surface area contributed by atoms with Gasteiger partial charge in [0.05, 0.1) is 17.7 Å². The van der Waals surface area contributed by atoms with Crippen molar-refractivity contribution in [3.05, 3.63) is 90.0 Å². The summed E-state index contributed by atoms with van der Waals surface area (Å²) < 4.78 is 33.9. The summed E-state index contributed by atoms with van der Waals surface area (Å²) in [5, 5.41) is 2.85. The highest BCUT2D eigenvalue weighted by atomic mass is 32.2. The number of hydrogen-bond acceptors (Lipinski definition) is 5. The van der Waals surface area contributed by atoms with Crippen LogP contribution in [-0.4, -0.2) is 50.9 Å². The van der Waals surface area contributed by atoms with Crippen LogP contribution in [0.5, 0.6) is 5.75 Å². The lowest BCUT2D eigenvalue weighted by atomic mass is 10.1. The van der Waals surface area contributed by atoms with Crippen LogP contribution in [-0.2, 0) is 26.2 Å². The lowest BCUT2D eigenvalue weighted by molar-refractivity contribution is -0.139.